The zero-order valence-electron chi connectivity index (χ0n) is 13.1. The van der Waals surface area contributed by atoms with Gasteiger partial charge in [0, 0.05) is 44.0 Å². The Kier molecular flexibility index (Phi) is 5.14. The summed E-state index contributed by atoms with van der Waals surface area (Å²) >= 11 is 0. The van der Waals surface area contributed by atoms with Crippen molar-refractivity contribution in [1.29, 1.82) is 0 Å². The summed E-state index contributed by atoms with van der Waals surface area (Å²) in [7, 11) is 3.30. The molecule has 6 nitrogen and oxygen atoms in total. The number of aromatic nitrogens is 1. The minimum Gasteiger partial charge on any atom is -0.496 e. The maximum absolute atomic E-state index is 11.7. The van der Waals surface area contributed by atoms with Crippen LogP contribution in [0.1, 0.15) is 16.8 Å². The van der Waals surface area contributed by atoms with E-state index in [9.17, 15) is 4.79 Å². The van der Waals surface area contributed by atoms with Gasteiger partial charge in [0.05, 0.1) is 19.4 Å². The Hall–Kier alpha value is -1.66. The Morgan fingerprint density at radius 1 is 1.57 bits per heavy atom. The van der Waals surface area contributed by atoms with Gasteiger partial charge in [-0.2, -0.15) is 0 Å². The van der Waals surface area contributed by atoms with Crippen molar-refractivity contribution in [3.8, 4) is 5.75 Å². The molecule has 1 unspecified atom stereocenters. The summed E-state index contributed by atoms with van der Waals surface area (Å²) in [5.74, 6) is 0.807. The highest BCUT2D eigenvalue weighted by Gasteiger charge is 2.26. The van der Waals surface area contributed by atoms with Crippen molar-refractivity contribution >= 4 is 5.91 Å². The van der Waals surface area contributed by atoms with Gasteiger partial charge in [0.1, 0.15) is 11.9 Å². The lowest BCUT2D eigenvalue weighted by atomic mass is 10.1. The number of hydrogen-bond acceptors (Lipinski definition) is 5. The average molecular weight is 293 g/mol. The monoisotopic (exact) mass is 293 g/mol. The van der Waals surface area contributed by atoms with Crippen LogP contribution in [0.15, 0.2) is 6.20 Å². The zero-order valence-corrected chi connectivity index (χ0v) is 13.1. The molecule has 1 aliphatic heterocycles. The lowest BCUT2D eigenvalue weighted by molar-refractivity contribution is -0.138. The standard InChI is InChI=1S/C15H23N3O3/c1-10-7-17-12(11(2)14(10)20-4)8-18-5-6-21-13(9-18)15(19)16-3/h7,13H,5-6,8-9H2,1-4H3,(H,16,19). The second kappa shape index (κ2) is 6.87. The van der Waals surface area contributed by atoms with Crippen molar-refractivity contribution in [3.05, 3.63) is 23.0 Å². The molecule has 116 valence electrons. The zero-order chi connectivity index (χ0) is 15.4. The number of amides is 1. The number of pyridine rings is 1. The average Bonchev–Trinajstić information content (AvgIpc) is 2.50. The van der Waals surface area contributed by atoms with Crippen molar-refractivity contribution < 1.29 is 14.3 Å². The molecule has 0 radical (unpaired) electrons. The highest BCUT2D eigenvalue weighted by Crippen LogP contribution is 2.25. The molecule has 0 aromatic carbocycles. The number of hydrogen-bond donors (Lipinski definition) is 1. The van der Waals surface area contributed by atoms with Gasteiger partial charge in [-0.05, 0) is 13.8 Å². The number of carbonyl (C=O) groups is 1. The fourth-order valence-electron chi connectivity index (χ4n) is 2.61. The first-order chi connectivity index (χ1) is 10.1. The summed E-state index contributed by atoms with van der Waals surface area (Å²) in [5.41, 5.74) is 3.07. The number of nitrogens with one attached hydrogen (secondary N) is 1. The van der Waals surface area contributed by atoms with Crippen molar-refractivity contribution in [2.24, 2.45) is 0 Å². The Balaban J connectivity index is 2.09. The summed E-state index contributed by atoms with van der Waals surface area (Å²) in [5, 5.41) is 2.63. The number of carbonyl (C=O) groups excluding carboxylic acids is 1. The summed E-state index contributed by atoms with van der Waals surface area (Å²) in [4.78, 5) is 18.4. The van der Waals surface area contributed by atoms with E-state index in [1.165, 1.54) is 0 Å². The van der Waals surface area contributed by atoms with Gasteiger partial charge in [0.2, 0.25) is 5.91 Å². The third-order valence-corrected chi connectivity index (χ3v) is 3.81. The molecule has 21 heavy (non-hydrogen) atoms. The molecule has 2 heterocycles. The van der Waals surface area contributed by atoms with Crippen LogP contribution in [0.25, 0.3) is 0 Å². The SMILES string of the molecule is CNC(=O)C1CN(Cc2ncc(C)c(OC)c2C)CCO1. The molecule has 2 rings (SSSR count). The van der Waals surface area contributed by atoms with Crippen LogP contribution in [-0.2, 0) is 16.1 Å². The van der Waals surface area contributed by atoms with Crippen LogP contribution in [0.4, 0.5) is 0 Å². The molecule has 1 fully saturated rings. The van der Waals surface area contributed by atoms with Gasteiger partial charge in [0.15, 0.2) is 0 Å². The van der Waals surface area contributed by atoms with Crippen LogP contribution in [-0.4, -0.2) is 55.7 Å². The van der Waals surface area contributed by atoms with Gasteiger partial charge < -0.3 is 14.8 Å². The molecular formula is C15H23N3O3. The Labute approximate surface area is 125 Å². The van der Waals surface area contributed by atoms with Crippen LogP contribution >= 0.6 is 0 Å². The molecule has 6 heteroatoms. The molecule has 1 saturated heterocycles. The highest BCUT2D eigenvalue weighted by atomic mass is 16.5. The molecule has 1 aromatic heterocycles. The molecule has 1 aliphatic rings. The Bertz CT molecular complexity index is 519. The van der Waals surface area contributed by atoms with Crippen molar-refractivity contribution in [1.82, 2.24) is 15.2 Å². The second-order valence-electron chi connectivity index (χ2n) is 5.25. The first-order valence-corrected chi connectivity index (χ1v) is 7.11. The van der Waals surface area contributed by atoms with Crippen LogP contribution in [0, 0.1) is 13.8 Å². The normalized spacial score (nSPS) is 19.3. The van der Waals surface area contributed by atoms with Gasteiger partial charge in [-0.15, -0.1) is 0 Å². The van der Waals surface area contributed by atoms with Gasteiger partial charge in [-0.3, -0.25) is 14.7 Å². The van der Waals surface area contributed by atoms with E-state index < -0.39 is 6.10 Å². The van der Waals surface area contributed by atoms with E-state index in [4.69, 9.17) is 9.47 Å². The maximum Gasteiger partial charge on any atom is 0.250 e. The number of nitrogens with zero attached hydrogens (tertiary/aromatic N) is 2. The number of ether oxygens (including phenoxy) is 2. The third-order valence-electron chi connectivity index (χ3n) is 3.81. The number of aryl methyl sites for hydroxylation is 1. The Morgan fingerprint density at radius 2 is 2.33 bits per heavy atom. The van der Waals surface area contributed by atoms with Crippen molar-refractivity contribution in [2.45, 2.75) is 26.5 Å². The van der Waals surface area contributed by atoms with E-state index in [1.807, 2.05) is 20.0 Å². The molecule has 0 bridgehead atoms. The van der Waals surface area contributed by atoms with Crippen LogP contribution in [0.2, 0.25) is 0 Å². The fourth-order valence-corrected chi connectivity index (χ4v) is 2.61. The lowest BCUT2D eigenvalue weighted by Gasteiger charge is -2.32. The van der Waals surface area contributed by atoms with E-state index >= 15 is 0 Å². The van der Waals surface area contributed by atoms with Gasteiger partial charge >= 0.3 is 0 Å². The maximum atomic E-state index is 11.7. The number of rotatable bonds is 4. The largest absolute Gasteiger partial charge is 0.496 e. The predicted octanol–water partition coefficient (Wildman–Crippen LogP) is 0.654. The summed E-state index contributed by atoms with van der Waals surface area (Å²) in [6.07, 6.45) is 1.43. The molecule has 1 atom stereocenters. The molecule has 1 aromatic rings. The van der Waals surface area contributed by atoms with Gasteiger partial charge in [-0.25, -0.2) is 0 Å². The molecule has 0 aliphatic carbocycles. The van der Waals surface area contributed by atoms with Crippen molar-refractivity contribution in [3.63, 3.8) is 0 Å². The Morgan fingerprint density at radius 3 is 3.00 bits per heavy atom. The molecule has 0 spiro atoms. The fraction of sp³-hybridized carbons (Fsp3) is 0.600. The van der Waals surface area contributed by atoms with E-state index in [0.717, 1.165) is 29.1 Å². The van der Waals surface area contributed by atoms with E-state index in [-0.39, 0.29) is 5.91 Å². The van der Waals surface area contributed by atoms with E-state index in [0.29, 0.717) is 19.7 Å². The minimum absolute atomic E-state index is 0.0779. The van der Waals surface area contributed by atoms with Crippen LogP contribution in [0.5, 0.6) is 5.75 Å². The molecule has 1 N–H and O–H groups in total. The third kappa shape index (κ3) is 3.51. The summed E-state index contributed by atoms with van der Waals surface area (Å²) < 4.78 is 10.9. The number of methoxy groups -OCH3 is 1. The van der Waals surface area contributed by atoms with E-state index in [1.54, 1.807) is 14.2 Å². The second-order valence-corrected chi connectivity index (χ2v) is 5.25. The lowest BCUT2D eigenvalue weighted by Crippen LogP contribution is -2.48. The number of morpholine rings is 1. The number of likely N-dealkylation sites (N-methyl/N-ethyl adjacent to an activating group) is 1. The highest BCUT2D eigenvalue weighted by molar-refractivity contribution is 5.80. The molecule has 1 amide bonds. The molecule has 0 saturated carbocycles. The summed E-state index contributed by atoms with van der Waals surface area (Å²) in [6, 6.07) is 0. The minimum atomic E-state index is -0.406. The topological polar surface area (TPSA) is 63.7 Å². The predicted molar refractivity (Wildman–Crippen MR) is 79.3 cm³/mol. The van der Waals surface area contributed by atoms with Gasteiger partial charge in [-0.1, -0.05) is 0 Å². The first kappa shape index (κ1) is 15.7. The van der Waals surface area contributed by atoms with Crippen LogP contribution < -0.4 is 10.1 Å². The van der Waals surface area contributed by atoms with Gasteiger partial charge in [0.25, 0.3) is 0 Å². The quantitative estimate of drug-likeness (QED) is 0.883. The first-order valence-electron chi connectivity index (χ1n) is 7.11. The van der Waals surface area contributed by atoms with E-state index in [2.05, 4.69) is 15.2 Å². The summed E-state index contributed by atoms with van der Waals surface area (Å²) in [6.45, 7) is 6.63. The van der Waals surface area contributed by atoms with Crippen LogP contribution in [0.3, 0.4) is 0 Å². The smallest absolute Gasteiger partial charge is 0.250 e. The van der Waals surface area contributed by atoms with Crippen molar-refractivity contribution in [2.75, 3.05) is 33.9 Å². The molecular weight excluding hydrogens is 270 g/mol.